The number of nitrogens with zero attached hydrogens (tertiary/aromatic N) is 2. The Balaban J connectivity index is 1.49. The van der Waals surface area contributed by atoms with Crippen molar-refractivity contribution in [1.82, 2.24) is 20.4 Å². The van der Waals surface area contributed by atoms with Gasteiger partial charge in [0.05, 0.1) is 0 Å². The van der Waals surface area contributed by atoms with Gasteiger partial charge in [-0.3, -0.25) is 0 Å². The lowest BCUT2D eigenvalue weighted by atomic mass is 10.0. The molecule has 2 rings (SSSR count). The number of urea groups is 2. The van der Waals surface area contributed by atoms with Crippen LogP contribution in [-0.2, 0) is 0 Å². The first-order valence-corrected chi connectivity index (χ1v) is 11.8. The maximum absolute atomic E-state index is 12.3. The van der Waals surface area contributed by atoms with Crippen LogP contribution < -0.4 is 10.6 Å². The van der Waals surface area contributed by atoms with Crippen LogP contribution in [0.4, 0.5) is 9.59 Å². The van der Waals surface area contributed by atoms with E-state index in [9.17, 15) is 9.59 Å². The molecule has 2 saturated heterocycles. The molecule has 6 heteroatoms. The second-order valence-electron chi connectivity index (χ2n) is 8.38. The minimum atomic E-state index is 0.117. The molecule has 2 aliphatic rings. The molecular formula is C22H42N4O2. The number of nitrogens with one attached hydrogen (secondary N) is 2. The van der Waals surface area contributed by atoms with Gasteiger partial charge in [0.2, 0.25) is 0 Å². The predicted octanol–water partition coefficient (Wildman–Crippen LogP) is 4.50. The molecule has 2 fully saturated rings. The lowest BCUT2D eigenvalue weighted by Gasteiger charge is -2.35. The zero-order chi connectivity index (χ0) is 20.2. The average Bonchev–Trinajstić information content (AvgIpc) is 2.75. The molecule has 2 aliphatic heterocycles. The third-order valence-electron chi connectivity index (χ3n) is 6.37. The molecule has 0 aromatic rings. The van der Waals surface area contributed by atoms with Gasteiger partial charge in [-0.1, -0.05) is 26.7 Å². The number of piperidine rings is 2. The zero-order valence-electron chi connectivity index (χ0n) is 18.2. The van der Waals surface area contributed by atoms with Crippen molar-refractivity contribution < 1.29 is 9.59 Å². The molecule has 0 unspecified atom stereocenters. The van der Waals surface area contributed by atoms with Gasteiger partial charge >= 0.3 is 12.1 Å². The van der Waals surface area contributed by atoms with Crippen LogP contribution in [0.3, 0.4) is 0 Å². The Kier molecular flexibility index (Phi) is 10.5. The highest BCUT2D eigenvalue weighted by Crippen LogP contribution is 2.20. The summed E-state index contributed by atoms with van der Waals surface area (Å²) in [5.41, 5.74) is 0. The first-order chi connectivity index (χ1) is 13.7. The second-order valence-corrected chi connectivity index (χ2v) is 8.38. The minimum absolute atomic E-state index is 0.117. The van der Waals surface area contributed by atoms with E-state index in [2.05, 4.69) is 24.5 Å². The molecule has 0 radical (unpaired) electrons. The van der Waals surface area contributed by atoms with E-state index in [1.54, 1.807) is 0 Å². The van der Waals surface area contributed by atoms with Gasteiger partial charge in [-0.25, -0.2) is 9.59 Å². The summed E-state index contributed by atoms with van der Waals surface area (Å²) in [5, 5.41) is 6.18. The number of carbonyl (C=O) groups is 2. The van der Waals surface area contributed by atoms with Crippen LogP contribution in [0.1, 0.15) is 90.9 Å². The summed E-state index contributed by atoms with van der Waals surface area (Å²) in [5.74, 6) is 0. The molecule has 0 aromatic heterocycles. The van der Waals surface area contributed by atoms with Crippen LogP contribution in [-0.4, -0.2) is 60.1 Å². The third-order valence-corrected chi connectivity index (χ3v) is 6.37. The normalized spacial score (nSPS) is 22.8. The van der Waals surface area contributed by atoms with Crippen molar-refractivity contribution >= 4 is 12.1 Å². The van der Waals surface area contributed by atoms with Gasteiger partial charge in [-0.15, -0.1) is 0 Å². The first-order valence-electron chi connectivity index (χ1n) is 11.8. The number of likely N-dealkylation sites (tertiary alicyclic amines) is 2. The van der Waals surface area contributed by atoms with Crippen molar-refractivity contribution in [3.8, 4) is 0 Å². The SMILES string of the molecule is CC[C@H]1CCCCN1C(=O)NCCCCCCNC(=O)N1CCCC[C@@H]1CC. The van der Waals surface area contributed by atoms with E-state index in [1.807, 2.05) is 9.80 Å². The summed E-state index contributed by atoms with van der Waals surface area (Å²) >= 11 is 0. The van der Waals surface area contributed by atoms with Gasteiger partial charge in [0.1, 0.15) is 0 Å². The Morgan fingerprint density at radius 1 is 0.714 bits per heavy atom. The van der Waals surface area contributed by atoms with Crippen LogP contribution in [0.5, 0.6) is 0 Å². The Hall–Kier alpha value is -1.46. The highest BCUT2D eigenvalue weighted by molar-refractivity contribution is 5.75. The standard InChI is InChI=1S/C22H42N4O2/c1-3-19-13-7-11-17-25(19)21(27)23-15-9-5-6-10-16-24-22(28)26-18-12-8-14-20(26)4-2/h19-20H,3-18H2,1-2H3,(H,23,27)(H,24,28)/t19-,20-/m0/s1. The van der Waals surface area contributed by atoms with Crippen molar-refractivity contribution in [1.29, 1.82) is 0 Å². The van der Waals surface area contributed by atoms with Gasteiger partial charge in [-0.05, 0) is 64.2 Å². The summed E-state index contributed by atoms with van der Waals surface area (Å²) in [4.78, 5) is 28.7. The molecule has 0 spiro atoms. The second kappa shape index (κ2) is 12.9. The summed E-state index contributed by atoms with van der Waals surface area (Å²) < 4.78 is 0. The predicted molar refractivity (Wildman–Crippen MR) is 115 cm³/mol. The van der Waals surface area contributed by atoms with Crippen molar-refractivity contribution in [2.75, 3.05) is 26.2 Å². The highest BCUT2D eigenvalue weighted by Gasteiger charge is 2.25. The van der Waals surface area contributed by atoms with E-state index in [0.717, 1.165) is 90.4 Å². The fourth-order valence-corrected chi connectivity index (χ4v) is 4.58. The maximum Gasteiger partial charge on any atom is 0.317 e. The Bertz CT molecular complexity index is 429. The molecule has 0 bridgehead atoms. The molecule has 0 saturated carbocycles. The molecule has 2 atom stereocenters. The number of hydrogen-bond acceptors (Lipinski definition) is 2. The van der Waals surface area contributed by atoms with Gasteiger partial charge in [0.15, 0.2) is 0 Å². The minimum Gasteiger partial charge on any atom is -0.338 e. The lowest BCUT2D eigenvalue weighted by molar-refractivity contribution is 0.148. The van der Waals surface area contributed by atoms with Gasteiger partial charge < -0.3 is 20.4 Å². The molecule has 0 aromatic carbocycles. The van der Waals surface area contributed by atoms with Gasteiger partial charge in [0.25, 0.3) is 0 Å². The van der Waals surface area contributed by atoms with Gasteiger partial charge in [-0.2, -0.15) is 0 Å². The van der Waals surface area contributed by atoms with Crippen LogP contribution in [0.25, 0.3) is 0 Å². The Labute approximate surface area is 171 Å². The number of amides is 4. The maximum atomic E-state index is 12.3. The summed E-state index contributed by atoms with van der Waals surface area (Å²) in [6.07, 6.45) is 13.3. The van der Waals surface area contributed by atoms with E-state index >= 15 is 0 Å². The topological polar surface area (TPSA) is 64.7 Å². The quantitative estimate of drug-likeness (QED) is 0.566. The number of unbranched alkanes of at least 4 members (excludes halogenated alkanes) is 3. The fraction of sp³-hybridized carbons (Fsp3) is 0.909. The molecule has 162 valence electrons. The molecule has 28 heavy (non-hydrogen) atoms. The van der Waals surface area contributed by atoms with E-state index in [-0.39, 0.29) is 12.1 Å². The van der Waals surface area contributed by atoms with E-state index in [4.69, 9.17) is 0 Å². The average molecular weight is 395 g/mol. The summed E-state index contributed by atoms with van der Waals surface area (Å²) in [6, 6.07) is 1.07. The summed E-state index contributed by atoms with van der Waals surface area (Å²) in [6.45, 7) is 7.65. The van der Waals surface area contributed by atoms with Crippen molar-refractivity contribution in [3.63, 3.8) is 0 Å². The van der Waals surface area contributed by atoms with E-state index in [0.29, 0.717) is 12.1 Å². The lowest BCUT2D eigenvalue weighted by Crippen LogP contribution is -2.48. The van der Waals surface area contributed by atoms with Crippen LogP contribution in [0, 0.1) is 0 Å². The highest BCUT2D eigenvalue weighted by atomic mass is 16.2. The molecule has 2 heterocycles. The van der Waals surface area contributed by atoms with Crippen LogP contribution >= 0.6 is 0 Å². The van der Waals surface area contributed by atoms with Crippen molar-refractivity contribution in [3.05, 3.63) is 0 Å². The van der Waals surface area contributed by atoms with Crippen LogP contribution in [0.15, 0.2) is 0 Å². The Morgan fingerprint density at radius 2 is 1.14 bits per heavy atom. The van der Waals surface area contributed by atoms with E-state index < -0.39 is 0 Å². The van der Waals surface area contributed by atoms with Crippen molar-refractivity contribution in [2.45, 2.75) is 103 Å². The molecule has 4 amide bonds. The first kappa shape index (κ1) is 22.8. The van der Waals surface area contributed by atoms with Gasteiger partial charge in [0, 0.05) is 38.3 Å². The molecule has 2 N–H and O–H groups in total. The summed E-state index contributed by atoms with van der Waals surface area (Å²) in [7, 11) is 0. The Morgan fingerprint density at radius 3 is 1.54 bits per heavy atom. The number of carbonyl (C=O) groups excluding carboxylic acids is 2. The van der Waals surface area contributed by atoms with Crippen molar-refractivity contribution in [2.24, 2.45) is 0 Å². The van der Waals surface area contributed by atoms with Crippen LogP contribution in [0.2, 0.25) is 0 Å². The molecular weight excluding hydrogens is 352 g/mol. The monoisotopic (exact) mass is 394 g/mol. The van der Waals surface area contributed by atoms with E-state index in [1.165, 1.54) is 12.8 Å². The third kappa shape index (κ3) is 7.17. The smallest absolute Gasteiger partial charge is 0.317 e. The molecule has 6 nitrogen and oxygen atoms in total. The fourth-order valence-electron chi connectivity index (χ4n) is 4.58. The zero-order valence-corrected chi connectivity index (χ0v) is 18.2. The molecule has 0 aliphatic carbocycles. The largest absolute Gasteiger partial charge is 0.338 e. The number of hydrogen-bond donors (Lipinski definition) is 2. The number of rotatable bonds is 9.